The second-order valence-corrected chi connectivity index (χ2v) is 5.68. The Morgan fingerprint density at radius 3 is 2.71 bits per heavy atom. The third-order valence-electron chi connectivity index (χ3n) is 2.99. The van der Waals surface area contributed by atoms with Gasteiger partial charge in [-0.25, -0.2) is 15.0 Å². The summed E-state index contributed by atoms with van der Waals surface area (Å²) in [7, 11) is 1.97. The highest BCUT2D eigenvalue weighted by Gasteiger charge is 2.10. The first-order valence-electron chi connectivity index (χ1n) is 6.40. The van der Waals surface area contributed by atoms with E-state index in [9.17, 15) is 0 Å². The summed E-state index contributed by atoms with van der Waals surface area (Å²) in [4.78, 5) is 15.2. The number of thiazole rings is 1. The zero-order valence-corrected chi connectivity index (χ0v) is 13.0. The third kappa shape index (κ3) is 3.37. The van der Waals surface area contributed by atoms with Crippen molar-refractivity contribution in [2.75, 3.05) is 11.9 Å². The van der Waals surface area contributed by atoms with Gasteiger partial charge in [-0.05, 0) is 0 Å². The van der Waals surface area contributed by atoms with E-state index in [1.807, 2.05) is 53.2 Å². The summed E-state index contributed by atoms with van der Waals surface area (Å²) < 4.78 is 0. The number of nitrogens with zero attached hydrogens (tertiary/aromatic N) is 4. The molecule has 2 aromatic heterocycles. The quantitative estimate of drug-likeness (QED) is 0.685. The lowest BCUT2D eigenvalue weighted by Crippen LogP contribution is -2.18. The van der Waals surface area contributed by atoms with Crippen LogP contribution in [0.2, 0.25) is 5.15 Å². The van der Waals surface area contributed by atoms with E-state index >= 15 is 0 Å². The first-order chi connectivity index (χ1) is 10.2. The van der Waals surface area contributed by atoms with Gasteiger partial charge in [0.1, 0.15) is 11.0 Å². The van der Waals surface area contributed by atoms with Gasteiger partial charge in [0.25, 0.3) is 0 Å². The van der Waals surface area contributed by atoms with Crippen LogP contribution in [-0.4, -0.2) is 22.0 Å². The molecular weight excluding hydrogens is 304 g/mol. The van der Waals surface area contributed by atoms with Crippen LogP contribution in [0.25, 0.3) is 11.4 Å². The van der Waals surface area contributed by atoms with Gasteiger partial charge < -0.3 is 4.90 Å². The molecule has 0 aliphatic carbocycles. The molecule has 0 saturated heterocycles. The topological polar surface area (TPSA) is 41.9 Å². The highest BCUT2D eigenvalue weighted by molar-refractivity contribution is 7.07. The van der Waals surface area contributed by atoms with Gasteiger partial charge in [-0.15, -0.1) is 11.3 Å². The number of hydrogen-bond acceptors (Lipinski definition) is 5. The Balaban J connectivity index is 1.90. The maximum Gasteiger partial charge on any atom is 0.163 e. The molecule has 0 fully saturated rings. The first-order valence-corrected chi connectivity index (χ1v) is 7.72. The number of anilines is 1. The monoisotopic (exact) mass is 316 g/mol. The van der Waals surface area contributed by atoms with Gasteiger partial charge >= 0.3 is 0 Å². The van der Waals surface area contributed by atoms with Crippen molar-refractivity contribution in [3.63, 3.8) is 0 Å². The molecule has 0 radical (unpaired) electrons. The molecule has 0 amide bonds. The minimum atomic E-state index is 0.434. The van der Waals surface area contributed by atoms with Gasteiger partial charge in [0.05, 0.1) is 17.7 Å². The highest BCUT2D eigenvalue weighted by atomic mass is 35.5. The molecule has 3 aromatic rings. The number of rotatable bonds is 4. The molecule has 4 nitrogen and oxygen atoms in total. The number of hydrogen-bond donors (Lipinski definition) is 0. The fourth-order valence-electron chi connectivity index (χ4n) is 1.96. The van der Waals surface area contributed by atoms with E-state index in [2.05, 4.69) is 15.0 Å². The van der Waals surface area contributed by atoms with Crippen LogP contribution in [0.1, 0.15) is 5.69 Å². The lowest BCUT2D eigenvalue weighted by atomic mass is 10.2. The normalized spacial score (nSPS) is 10.6. The van der Waals surface area contributed by atoms with Crippen LogP contribution in [0.5, 0.6) is 0 Å². The van der Waals surface area contributed by atoms with Crippen LogP contribution in [0, 0.1) is 0 Å². The molecule has 3 rings (SSSR count). The van der Waals surface area contributed by atoms with Crippen molar-refractivity contribution in [3.8, 4) is 11.4 Å². The Morgan fingerprint density at radius 2 is 2.00 bits per heavy atom. The van der Waals surface area contributed by atoms with Gasteiger partial charge in [-0.2, -0.15) is 0 Å². The van der Waals surface area contributed by atoms with Gasteiger partial charge in [-0.3, -0.25) is 0 Å². The van der Waals surface area contributed by atoms with Crippen molar-refractivity contribution >= 4 is 28.8 Å². The molecule has 0 atom stereocenters. The summed E-state index contributed by atoms with van der Waals surface area (Å²) in [5, 5.41) is 2.46. The van der Waals surface area contributed by atoms with E-state index in [4.69, 9.17) is 11.6 Å². The summed E-state index contributed by atoms with van der Waals surface area (Å²) in [5.74, 6) is 1.41. The Morgan fingerprint density at radius 1 is 1.19 bits per heavy atom. The Kier molecular flexibility index (Phi) is 4.13. The van der Waals surface area contributed by atoms with Crippen molar-refractivity contribution in [3.05, 3.63) is 58.1 Å². The molecule has 2 heterocycles. The average Bonchev–Trinajstić information content (AvgIpc) is 3.00. The van der Waals surface area contributed by atoms with Crippen LogP contribution in [-0.2, 0) is 6.54 Å². The van der Waals surface area contributed by atoms with Crippen LogP contribution in [0.4, 0.5) is 5.82 Å². The summed E-state index contributed by atoms with van der Waals surface area (Å²) >= 11 is 7.72. The molecule has 0 unspecified atom stereocenters. The van der Waals surface area contributed by atoms with Gasteiger partial charge in [0.15, 0.2) is 5.82 Å². The van der Waals surface area contributed by atoms with Crippen LogP contribution in [0.3, 0.4) is 0 Å². The summed E-state index contributed by atoms with van der Waals surface area (Å²) in [6.07, 6.45) is 0. The number of aromatic nitrogens is 3. The second-order valence-electron chi connectivity index (χ2n) is 4.57. The molecule has 0 aliphatic rings. The molecule has 0 bridgehead atoms. The summed E-state index contributed by atoms with van der Waals surface area (Å²) in [6, 6.07) is 11.6. The van der Waals surface area contributed by atoms with Crippen molar-refractivity contribution < 1.29 is 0 Å². The molecule has 0 saturated carbocycles. The van der Waals surface area contributed by atoms with Gasteiger partial charge in [0, 0.05) is 24.1 Å². The fourth-order valence-corrected chi connectivity index (χ4v) is 2.68. The second kappa shape index (κ2) is 6.20. The predicted octanol–water partition coefficient (Wildman–Crippen LogP) is 3.89. The largest absolute Gasteiger partial charge is 0.354 e. The lowest BCUT2D eigenvalue weighted by molar-refractivity contribution is 0.870. The Labute approximate surface area is 132 Å². The third-order valence-corrected chi connectivity index (χ3v) is 3.82. The molecular formula is C15H13ClN4S. The van der Waals surface area contributed by atoms with E-state index in [0.29, 0.717) is 17.5 Å². The number of benzene rings is 1. The summed E-state index contributed by atoms with van der Waals surface area (Å²) in [6.45, 7) is 0.686. The van der Waals surface area contributed by atoms with Crippen LogP contribution < -0.4 is 4.90 Å². The zero-order chi connectivity index (χ0) is 14.7. The number of halogens is 1. The highest BCUT2D eigenvalue weighted by Crippen LogP contribution is 2.22. The Bertz CT molecular complexity index is 716. The summed E-state index contributed by atoms with van der Waals surface area (Å²) in [5.41, 5.74) is 3.78. The maximum atomic E-state index is 6.13. The van der Waals surface area contributed by atoms with Crippen molar-refractivity contribution in [1.29, 1.82) is 0 Å². The molecule has 0 spiro atoms. The SMILES string of the molecule is CN(Cc1cscn1)c1cc(Cl)nc(-c2ccccc2)n1. The van der Waals surface area contributed by atoms with Gasteiger partial charge in [0.2, 0.25) is 0 Å². The van der Waals surface area contributed by atoms with Crippen LogP contribution >= 0.6 is 22.9 Å². The Hall–Kier alpha value is -1.98. The first kappa shape index (κ1) is 14.0. The van der Waals surface area contributed by atoms with E-state index < -0.39 is 0 Å². The predicted molar refractivity (Wildman–Crippen MR) is 86.7 cm³/mol. The van der Waals surface area contributed by atoms with Crippen molar-refractivity contribution in [2.45, 2.75) is 6.54 Å². The van der Waals surface area contributed by atoms with Crippen molar-refractivity contribution in [1.82, 2.24) is 15.0 Å². The van der Waals surface area contributed by atoms with Gasteiger partial charge in [-0.1, -0.05) is 41.9 Å². The fraction of sp³-hybridized carbons (Fsp3) is 0.133. The van der Waals surface area contributed by atoms with E-state index in [0.717, 1.165) is 17.1 Å². The molecule has 0 aliphatic heterocycles. The van der Waals surface area contributed by atoms with Crippen molar-refractivity contribution in [2.24, 2.45) is 0 Å². The maximum absolute atomic E-state index is 6.13. The lowest BCUT2D eigenvalue weighted by Gasteiger charge is -2.17. The zero-order valence-electron chi connectivity index (χ0n) is 11.4. The average molecular weight is 317 g/mol. The molecule has 1 aromatic carbocycles. The van der Waals surface area contributed by atoms with E-state index in [1.54, 1.807) is 17.4 Å². The minimum Gasteiger partial charge on any atom is -0.354 e. The molecule has 21 heavy (non-hydrogen) atoms. The standard InChI is InChI=1S/C15H13ClN4S/c1-20(8-12-9-21-10-17-12)14-7-13(16)18-15(19-14)11-5-3-2-4-6-11/h2-7,9-10H,8H2,1H3. The van der Waals surface area contributed by atoms with Crippen LogP contribution in [0.15, 0.2) is 47.3 Å². The smallest absolute Gasteiger partial charge is 0.163 e. The molecule has 0 N–H and O–H groups in total. The van der Waals surface area contributed by atoms with E-state index in [-0.39, 0.29) is 0 Å². The van der Waals surface area contributed by atoms with E-state index in [1.165, 1.54) is 0 Å². The molecule has 6 heteroatoms. The minimum absolute atomic E-state index is 0.434. The molecule has 106 valence electrons.